The third-order valence-electron chi connectivity index (χ3n) is 6.10. The van der Waals surface area contributed by atoms with Crippen LogP contribution in [0, 0.1) is 0 Å². The summed E-state index contributed by atoms with van der Waals surface area (Å²) in [7, 11) is 0. The van der Waals surface area contributed by atoms with Gasteiger partial charge in [0.15, 0.2) is 0 Å². The van der Waals surface area contributed by atoms with Crippen LogP contribution < -0.4 is 5.32 Å². The first kappa shape index (κ1) is 20.9. The molecule has 0 radical (unpaired) electrons. The Bertz CT molecular complexity index is 1020. The Labute approximate surface area is 183 Å². The highest BCUT2D eigenvalue weighted by atomic mass is 16.2. The quantitative estimate of drug-likeness (QED) is 0.669. The molecule has 158 valence electrons. The van der Waals surface area contributed by atoms with Crippen molar-refractivity contribution < 1.29 is 9.59 Å². The molecule has 4 rings (SSSR count). The second kappa shape index (κ2) is 9.17. The zero-order valence-corrected chi connectivity index (χ0v) is 17.9. The lowest BCUT2D eigenvalue weighted by atomic mass is 9.80. The third-order valence-corrected chi connectivity index (χ3v) is 6.10. The van der Waals surface area contributed by atoms with Crippen molar-refractivity contribution in [3.05, 3.63) is 107 Å². The summed E-state index contributed by atoms with van der Waals surface area (Å²) in [6.45, 7) is 2.78. The van der Waals surface area contributed by atoms with Gasteiger partial charge in [0, 0.05) is 25.6 Å². The minimum absolute atomic E-state index is 0.0439. The molecule has 3 aromatic rings. The summed E-state index contributed by atoms with van der Waals surface area (Å²) in [5.74, 6) is 0.00776. The Morgan fingerprint density at radius 3 is 1.94 bits per heavy atom. The summed E-state index contributed by atoms with van der Waals surface area (Å²) >= 11 is 0. The van der Waals surface area contributed by atoms with Gasteiger partial charge in [-0.2, -0.15) is 0 Å². The van der Waals surface area contributed by atoms with E-state index in [-0.39, 0.29) is 11.8 Å². The minimum Gasteiger partial charge on any atom is -0.347 e. The molecule has 0 aliphatic carbocycles. The maximum Gasteiger partial charge on any atom is 0.253 e. The van der Waals surface area contributed by atoms with E-state index in [1.807, 2.05) is 65.6 Å². The SMILES string of the molecule is CC(=O)NC1(c2ccccc2)CCN(C(=O)c2ccc(Cc3ccccc3)cc2)CC1. The number of nitrogens with one attached hydrogen (secondary N) is 1. The fourth-order valence-corrected chi connectivity index (χ4v) is 4.45. The van der Waals surface area contributed by atoms with E-state index in [0.29, 0.717) is 31.5 Å². The smallest absolute Gasteiger partial charge is 0.253 e. The summed E-state index contributed by atoms with van der Waals surface area (Å²) in [5, 5.41) is 3.16. The van der Waals surface area contributed by atoms with Gasteiger partial charge in [-0.3, -0.25) is 9.59 Å². The number of hydrogen-bond donors (Lipinski definition) is 1. The Kier molecular flexibility index (Phi) is 6.17. The van der Waals surface area contributed by atoms with Gasteiger partial charge in [0.2, 0.25) is 5.91 Å². The largest absolute Gasteiger partial charge is 0.347 e. The number of benzene rings is 3. The summed E-state index contributed by atoms with van der Waals surface area (Å²) in [4.78, 5) is 26.9. The molecule has 31 heavy (non-hydrogen) atoms. The third kappa shape index (κ3) is 4.85. The Morgan fingerprint density at radius 2 is 1.35 bits per heavy atom. The molecule has 0 unspecified atom stereocenters. The van der Waals surface area contributed by atoms with Crippen LogP contribution in [-0.4, -0.2) is 29.8 Å². The second-order valence-electron chi connectivity index (χ2n) is 8.28. The van der Waals surface area contributed by atoms with E-state index in [9.17, 15) is 9.59 Å². The first-order valence-electron chi connectivity index (χ1n) is 10.8. The molecule has 1 saturated heterocycles. The van der Waals surface area contributed by atoms with Crippen molar-refractivity contribution >= 4 is 11.8 Å². The maximum atomic E-state index is 13.1. The summed E-state index contributed by atoms with van der Waals surface area (Å²) in [6.07, 6.45) is 2.26. The molecule has 0 bridgehead atoms. The molecule has 1 heterocycles. The minimum atomic E-state index is -0.413. The van der Waals surface area contributed by atoms with Gasteiger partial charge < -0.3 is 10.2 Å². The van der Waals surface area contributed by atoms with Crippen LogP contribution in [0.4, 0.5) is 0 Å². The highest BCUT2D eigenvalue weighted by molar-refractivity contribution is 5.94. The van der Waals surface area contributed by atoms with E-state index in [4.69, 9.17) is 0 Å². The van der Waals surface area contributed by atoms with Crippen LogP contribution in [0.3, 0.4) is 0 Å². The molecule has 3 aromatic carbocycles. The number of nitrogens with zero attached hydrogens (tertiary/aromatic N) is 1. The zero-order valence-electron chi connectivity index (χ0n) is 17.9. The first-order chi connectivity index (χ1) is 15.1. The van der Waals surface area contributed by atoms with E-state index in [0.717, 1.165) is 12.0 Å². The predicted molar refractivity (Wildman–Crippen MR) is 123 cm³/mol. The highest BCUT2D eigenvalue weighted by Gasteiger charge is 2.38. The Hall–Kier alpha value is -3.40. The molecule has 1 aliphatic rings. The molecule has 2 amide bonds. The monoisotopic (exact) mass is 412 g/mol. The molecule has 4 heteroatoms. The van der Waals surface area contributed by atoms with Crippen molar-refractivity contribution in [1.82, 2.24) is 10.2 Å². The standard InChI is InChI=1S/C27H28N2O2/c1-21(30)28-27(25-10-6-3-7-11-25)16-18-29(19-17-27)26(31)24-14-12-23(13-15-24)20-22-8-4-2-5-9-22/h2-15H,16-20H2,1H3,(H,28,30). The molecular weight excluding hydrogens is 384 g/mol. The van der Waals surface area contributed by atoms with Crippen LogP contribution >= 0.6 is 0 Å². The van der Waals surface area contributed by atoms with Crippen LogP contribution in [0.2, 0.25) is 0 Å². The van der Waals surface area contributed by atoms with Gasteiger partial charge in [-0.25, -0.2) is 0 Å². The molecular formula is C27H28N2O2. The predicted octanol–water partition coefficient (Wildman–Crippen LogP) is 4.55. The number of carbonyl (C=O) groups excluding carboxylic acids is 2. The lowest BCUT2D eigenvalue weighted by molar-refractivity contribution is -0.121. The van der Waals surface area contributed by atoms with Crippen molar-refractivity contribution in [2.45, 2.75) is 31.7 Å². The van der Waals surface area contributed by atoms with Crippen LogP contribution in [0.5, 0.6) is 0 Å². The van der Waals surface area contributed by atoms with E-state index in [1.54, 1.807) is 6.92 Å². The lowest BCUT2D eigenvalue weighted by Gasteiger charge is -2.42. The maximum absolute atomic E-state index is 13.1. The average molecular weight is 413 g/mol. The van der Waals surface area contributed by atoms with E-state index >= 15 is 0 Å². The van der Waals surface area contributed by atoms with Crippen LogP contribution in [-0.2, 0) is 16.8 Å². The molecule has 4 nitrogen and oxygen atoms in total. The summed E-state index contributed by atoms with van der Waals surface area (Å²) in [5.41, 5.74) is 3.85. The highest BCUT2D eigenvalue weighted by Crippen LogP contribution is 2.33. The van der Waals surface area contributed by atoms with Crippen molar-refractivity contribution in [1.29, 1.82) is 0 Å². The van der Waals surface area contributed by atoms with Crippen molar-refractivity contribution in [2.24, 2.45) is 0 Å². The molecule has 1 aliphatic heterocycles. The van der Waals surface area contributed by atoms with Crippen LogP contribution in [0.25, 0.3) is 0 Å². The Morgan fingerprint density at radius 1 is 0.806 bits per heavy atom. The second-order valence-corrected chi connectivity index (χ2v) is 8.28. The fraction of sp³-hybridized carbons (Fsp3) is 0.259. The van der Waals surface area contributed by atoms with Crippen molar-refractivity contribution in [2.75, 3.05) is 13.1 Å². The number of amides is 2. The average Bonchev–Trinajstić information content (AvgIpc) is 2.80. The van der Waals surface area contributed by atoms with E-state index < -0.39 is 5.54 Å². The topological polar surface area (TPSA) is 49.4 Å². The number of likely N-dealkylation sites (tertiary alicyclic amines) is 1. The van der Waals surface area contributed by atoms with E-state index in [1.165, 1.54) is 11.1 Å². The number of hydrogen-bond acceptors (Lipinski definition) is 2. The summed E-state index contributed by atoms with van der Waals surface area (Å²) in [6, 6.07) is 28.3. The zero-order chi connectivity index (χ0) is 21.7. The number of carbonyl (C=O) groups is 2. The van der Waals surface area contributed by atoms with Crippen molar-refractivity contribution in [3.63, 3.8) is 0 Å². The van der Waals surface area contributed by atoms with Gasteiger partial charge >= 0.3 is 0 Å². The lowest BCUT2D eigenvalue weighted by Crippen LogP contribution is -2.53. The van der Waals surface area contributed by atoms with E-state index in [2.05, 4.69) is 29.6 Å². The Balaban J connectivity index is 1.43. The van der Waals surface area contributed by atoms with Gasteiger partial charge in [-0.1, -0.05) is 72.8 Å². The molecule has 0 atom stereocenters. The van der Waals surface area contributed by atoms with Crippen molar-refractivity contribution in [3.8, 4) is 0 Å². The van der Waals surface area contributed by atoms with Gasteiger partial charge in [-0.05, 0) is 48.1 Å². The molecule has 1 fully saturated rings. The molecule has 0 spiro atoms. The molecule has 1 N–H and O–H groups in total. The molecule has 0 aromatic heterocycles. The van der Waals surface area contributed by atoms with Crippen LogP contribution in [0.15, 0.2) is 84.9 Å². The van der Waals surface area contributed by atoms with Gasteiger partial charge in [0.1, 0.15) is 0 Å². The normalized spacial score (nSPS) is 15.3. The number of rotatable bonds is 5. The molecule has 0 saturated carbocycles. The fourth-order valence-electron chi connectivity index (χ4n) is 4.45. The first-order valence-corrected chi connectivity index (χ1v) is 10.8. The summed E-state index contributed by atoms with van der Waals surface area (Å²) < 4.78 is 0. The van der Waals surface area contributed by atoms with Gasteiger partial charge in [0.25, 0.3) is 5.91 Å². The van der Waals surface area contributed by atoms with Crippen LogP contribution in [0.1, 0.15) is 46.8 Å². The van der Waals surface area contributed by atoms with Gasteiger partial charge in [-0.15, -0.1) is 0 Å². The number of piperidine rings is 1. The van der Waals surface area contributed by atoms with Gasteiger partial charge in [0.05, 0.1) is 5.54 Å².